The van der Waals surface area contributed by atoms with Gasteiger partial charge in [0.1, 0.15) is 5.75 Å². The Bertz CT molecular complexity index is 1080. The van der Waals surface area contributed by atoms with Crippen LogP contribution in [0.5, 0.6) is 17.2 Å². The van der Waals surface area contributed by atoms with Crippen LogP contribution in [-0.4, -0.2) is 20.3 Å². The number of hydrogen-bond donors (Lipinski definition) is 0. The Morgan fingerprint density at radius 1 is 0.533 bits per heavy atom. The molecule has 0 aromatic heterocycles. The van der Waals surface area contributed by atoms with Crippen molar-refractivity contribution in [2.45, 2.75) is 12.8 Å². The molecular weight excluding hydrogens is 372 g/mol. The van der Waals surface area contributed by atoms with E-state index >= 15 is 0 Å². The summed E-state index contributed by atoms with van der Waals surface area (Å²) in [4.78, 5) is 0. The van der Waals surface area contributed by atoms with Crippen molar-refractivity contribution >= 4 is 10.8 Å². The fraction of sp³-hybridized carbons (Fsp3) is 0.185. The summed E-state index contributed by atoms with van der Waals surface area (Å²) in [6.07, 6.45) is 1.71. The zero-order valence-electron chi connectivity index (χ0n) is 17.2. The van der Waals surface area contributed by atoms with Crippen LogP contribution in [0.2, 0.25) is 0 Å². The normalized spacial score (nSPS) is 10.7. The maximum Gasteiger partial charge on any atom is 0.169 e. The minimum atomic E-state index is 0.582. The molecule has 4 rings (SSSR count). The first-order valence-corrected chi connectivity index (χ1v) is 10.3. The molecule has 0 saturated heterocycles. The minimum absolute atomic E-state index is 0.582. The zero-order chi connectivity index (χ0) is 20.6. The second-order valence-electron chi connectivity index (χ2n) is 7.12. The van der Waals surface area contributed by atoms with Crippen molar-refractivity contribution in [1.82, 2.24) is 0 Å². The molecule has 152 valence electrons. The summed E-state index contributed by atoms with van der Waals surface area (Å²) in [5.74, 6) is 2.36. The fourth-order valence-electron chi connectivity index (χ4n) is 3.56. The van der Waals surface area contributed by atoms with E-state index in [1.807, 2.05) is 48.5 Å². The highest BCUT2D eigenvalue weighted by Crippen LogP contribution is 2.39. The van der Waals surface area contributed by atoms with Crippen LogP contribution in [0, 0.1) is 0 Å². The maximum atomic E-state index is 6.19. The number of benzene rings is 4. The predicted octanol–water partition coefficient (Wildman–Crippen LogP) is 6.09. The van der Waals surface area contributed by atoms with Crippen molar-refractivity contribution in [3.63, 3.8) is 0 Å². The van der Waals surface area contributed by atoms with Crippen molar-refractivity contribution in [3.8, 4) is 17.2 Å². The van der Waals surface area contributed by atoms with Gasteiger partial charge in [-0.25, -0.2) is 0 Å². The van der Waals surface area contributed by atoms with E-state index in [2.05, 4.69) is 42.5 Å². The first kappa shape index (κ1) is 19.8. The summed E-state index contributed by atoms with van der Waals surface area (Å²) >= 11 is 0. The summed E-state index contributed by atoms with van der Waals surface area (Å²) in [5.41, 5.74) is 2.52. The molecule has 0 heterocycles. The van der Waals surface area contributed by atoms with Gasteiger partial charge in [0.2, 0.25) is 0 Å². The molecule has 0 aliphatic heterocycles. The summed E-state index contributed by atoms with van der Waals surface area (Å²) < 4.78 is 17.9. The van der Waals surface area contributed by atoms with Gasteiger partial charge < -0.3 is 14.2 Å². The Balaban J connectivity index is 1.51. The van der Waals surface area contributed by atoms with E-state index in [4.69, 9.17) is 14.2 Å². The van der Waals surface area contributed by atoms with Gasteiger partial charge in [-0.3, -0.25) is 0 Å². The highest BCUT2D eigenvalue weighted by molar-refractivity contribution is 5.95. The Labute approximate surface area is 177 Å². The van der Waals surface area contributed by atoms with Crippen LogP contribution in [-0.2, 0) is 12.8 Å². The van der Waals surface area contributed by atoms with Crippen molar-refractivity contribution < 1.29 is 14.2 Å². The Kier molecular flexibility index (Phi) is 6.51. The number of rotatable bonds is 9. The second-order valence-corrected chi connectivity index (χ2v) is 7.12. The number of fused-ring (bicyclic) bond motifs is 1. The third-order valence-electron chi connectivity index (χ3n) is 5.13. The Morgan fingerprint density at radius 2 is 1.17 bits per heavy atom. The van der Waals surface area contributed by atoms with Crippen LogP contribution in [0.4, 0.5) is 0 Å². The Morgan fingerprint density at radius 3 is 1.80 bits per heavy atom. The molecule has 0 fully saturated rings. The lowest BCUT2D eigenvalue weighted by molar-refractivity contribution is 0.301. The maximum absolute atomic E-state index is 6.19. The van der Waals surface area contributed by atoms with Crippen LogP contribution in [0.25, 0.3) is 10.8 Å². The van der Waals surface area contributed by atoms with Gasteiger partial charge in [0, 0.05) is 23.6 Å². The molecular formula is C27H26O3. The summed E-state index contributed by atoms with van der Waals surface area (Å²) in [7, 11) is 1.67. The second kappa shape index (κ2) is 9.84. The monoisotopic (exact) mass is 398 g/mol. The molecule has 0 aliphatic carbocycles. The lowest BCUT2D eigenvalue weighted by Crippen LogP contribution is -2.04. The molecule has 0 N–H and O–H groups in total. The molecule has 0 saturated carbocycles. The van der Waals surface area contributed by atoms with E-state index in [-0.39, 0.29) is 0 Å². The first-order valence-electron chi connectivity index (χ1n) is 10.3. The fourth-order valence-corrected chi connectivity index (χ4v) is 3.56. The summed E-state index contributed by atoms with van der Waals surface area (Å²) in [6.45, 7) is 1.21. The van der Waals surface area contributed by atoms with Crippen molar-refractivity contribution in [1.29, 1.82) is 0 Å². The third kappa shape index (κ3) is 4.74. The lowest BCUT2D eigenvalue weighted by Gasteiger charge is -2.16. The average Bonchev–Trinajstić information content (AvgIpc) is 2.80. The van der Waals surface area contributed by atoms with Gasteiger partial charge in [0.05, 0.1) is 20.3 Å². The molecule has 3 nitrogen and oxygen atoms in total. The molecule has 0 radical (unpaired) electrons. The standard InChI is InChI=1S/C27H26O3/c1-28-26-16-15-23-24(27(26)30-20-18-22-11-6-3-7-12-22)13-8-14-25(23)29-19-17-21-9-4-2-5-10-21/h2-16H,17-20H2,1H3. The van der Waals surface area contributed by atoms with E-state index in [1.54, 1.807) is 7.11 Å². The molecule has 3 heteroatoms. The molecule has 0 spiro atoms. The molecule has 0 amide bonds. The highest BCUT2D eigenvalue weighted by Gasteiger charge is 2.13. The molecule has 0 bridgehead atoms. The highest BCUT2D eigenvalue weighted by atomic mass is 16.5. The Hall–Kier alpha value is -3.46. The smallest absolute Gasteiger partial charge is 0.169 e. The molecule has 4 aromatic carbocycles. The van der Waals surface area contributed by atoms with E-state index in [0.717, 1.165) is 40.9 Å². The largest absolute Gasteiger partial charge is 0.493 e. The minimum Gasteiger partial charge on any atom is -0.493 e. The van der Waals surface area contributed by atoms with Crippen molar-refractivity contribution in [3.05, 3.63) is 102 Å². The van der Waals surface area contributed by atoms with Gasteiger partial charge in [-0.2, -0.15) is 0 Å². The van der Waals surface area contributed by atoms with Crippen LogP contribution < -0.4 is 14.2 Å². The van der Waals surface area contributed by atoms with Crippen LogP contribution in [0.1, 0.15) is 11.1 Å². The summed E-state index contributed by atoms with van der Waals surface area (Å²) in [6, 6.07) is 30.8. The predicted molar refractivity (Wildman–Crippen MR) is 122 cm³/mol. The summed E-state index contributed by atoms with van der Waals surface area (Å²) in [5, 5.41) is 2.03. The van der Waals surface area contributed by atoms with Gasteiger partial charge in [-0.1, -0.05) is 72.8 Å². The van der Waals surface area contributed by atoms with Gasteiger partial charge in [-0.05, 0) is 29.3 Å². The first-order chi connectivity index (χ1) is 14.8. The third-order valence-corrected chi connectivity index (χ3v) is 5.13. The quantitative estimate of drug-likeness (QED) is 0.341. The topological polar surface area (TPSA) is 27.7 Å². The van der Waals surface area contributed by atoms with E-state index in [1.165, 1.54) is 11.1 Å². The van der Waals surface area contributed by atoms with E-state index in [0.29, 0.717) is 13.2 Å². The van der Waals surface area contributed by atoms with Crippen LogP contribution >= 0.6 is 0 Å². The number of ether oxygens (including phenoxy) is 3. The SMILES string of the molecule is COc1ccc2c(OCCc3ccccc3)cccc2c1OCCc1ccccc1. The number of methoxy groups -OCH3 is 1. The zero-order valence-corrected chi connectivity index (χ0v) is 17.2. The van der Waals surface area contributed by atoms with E-state index < -0.39 is 0 Å². The molecule has 0 unspecified atom stereocenters. The van der Waals surface area contributed by atoms with Crippen LogP contribution in [0.3, 0.4) is 0 Å². The van der Waals surface area contributed by atoms with Crippen molar-refractivity contribution in [2.24, 2.45) is 0 Å². The van der Waals surface area contributed by atoms with Gasteiger partial charge in [0.25, 0.3) is 0 Å². The lowest BCUT2D eigenvalue weighted by atomic mass is 10.1. The molecule has 4 aromatic rings. The molecule has 0 atom stereocenters. The van der Waals surface area contributed by atoms with Gasteiger partial charge in [0.15, 0.2) is 11.5 Å². The molecule has 30 heavy (non-hydrogen) atoms. The van der Waals surface area contributed by atoms with Gasteiger partial charge in [-0.15, -0.1) is 0 Å². The van der Waals surface area contributed by atoms with Crippen LogP contribution in [0.15, 0.2) is 91.0 Å². The average molecular weight is 399 g/mol. The van der Waals surface area contributed by atoms with E-state index in [9.17, 15) is 0 Å². The number of hydrogen-bond acceptors (Lipinski definition) is 3. The van der Waals surface area contributed by atoms with Gasteiger partial charge >= 0.3 is 0 Å². The molecule has 0 aliphatic rings. The van der Waals surface area contributed by atoms with Crippen molar-refractivity contribution in [2.75, 3.05) is 20.3 Å².